The van der Waals surface area contributed by atoms with Crippen LogP contribution in [0.3, 0.4) is 0 Å². The lowest BCUT2D eigenvalue weighted by molar-refractivity contribution is 0.0888. The highest BCUT2D eigenvalue weighted by Gasteiger charge is 2.14. The fourth-order valence-electron chi connectivity index (χ4n) is 2.01. The van der Waals surface area contributed by atoms with Gasteiger partial charge >= 0.3 is 0 Å². The molecular weight excluding hydrogens is 236 g/mol. The maximum absolute atomic E-state index is 11.9. The van der Waals surface area contributed by atoms with E-state index in [-0.39, 0.29) is 18.2 Å². The van der Waals surface area contributed by atoms with Gasteiger partial charge in [-0.05, 0) is 30.5 Å². The van der Waals surface area contributed by atoms with E-state index in [2.05, 4.69) is 6.07 Å². The Labute approximate surface area is 113 Å². The number of rotatable bonds is 5. The van der Waals surface area contributed by atoms with Crippen molar-refractivity contribution in [2.24, 2.45) is 5.92 Å². The van der Waals surface area contributed by atoms with Gasteiger partial charge in [0.15, 0.2) is 0 Å². The molecule has 2 aromatic rings. The van der Waals surface area contributed by atoms with E-state index in [1.807, 2.05) is 42.5 Å². The Hall–Kier alpha value is -2.34. The number of nitriles is 1. The van der Waals surface area contributed by atoms with E-state index in [4.69, 9.17) is 5.26 Å². The predicted octanol–water partition coefficient (Wildman–Crippen LogP) is 3.29. The highest BCUT2D eigenvalue weighted by atomic mass is 16.1. The minimum atomic E-state index is -0.227. The lowest BCUT2D eigenvalue weighted by Crippen LogP contribution is -2.13. The zero-order valence-electron chi connectivity index (χ0n) is 10.7. The molecule has 1 atom stereocenters. The van der Waals surface area contributed by atoms with Crippen LogP contribution in [0.5, 0.6) is 0 Å². The summed E-state index contributed by atoms with van der Waals surface area (Å²) in [7, 11) is 0. The van der Waals surface area contributed by atoms with E-state index >= 15 is 0 Å². The van der Waals surface area contributed by atoms with Crippen molar-refractivity contribution in [1.82, 2.24) is 4.57 Å². The van der Waals surface area contributed by atoms with Crippen molar-refractivity contribution in [1.29, 1.82) is 5.26 Å². The number of nitrogens with zero attached hydrogens (tertiary/aromatic N) is 2. The molecule has 19 heavy (non-hydrogen) atoms. The maximum atomic E-state index is 11.9. The van der Waals surface area contributed by atoms with Crippen molar-refractivity contribution in [3.8, 4) is 6.07 Å². The molecule has 1 aromatic heterocycles. The fraction of sp³-hybridized carbons (Fsp3) is 0.250. The first-order chi connectivity index (χ1) is 9.29. The van der Waals surface area contributed by atoms with Crippen LogP contribution < -0.4 is 0 Å². The summed E-state index contributed by atoms with van der Waals surface area (Å²) in [4.78, 5) is 11.9. The normalized spacial score (nSPS) is 11.7. The second-order valence-corrected chi connectivity index (χ2v) is 4.54. The van der Waals surface area contributed by atoms with Gasteiger partial charge in [-0.25, -0.2) is 0 Å². The van der Waals surface area contributed by atoms with Crippen LogP contribution in [-0.2, 0) is 6.42 Å². The fourth-order valence-corrected chi connectivity index (χ4v) is 2.01. The summed E-state index contributed by atoms with van der Waals surface area (Å²) in [5, 5.41) is 9.14. The predicted molar refractivity (Wildman–Crippen MR) is 73.5 cm³/mol. The van der Waals surface area contributed by atoms with Gasteiger partial charge in [0.05, 0.1) is 12.0 Å². The highest BCUT2D eigenvalue weighted by molar-refractivity contribution is 5.79. The Balaban J connectivity index is 1.87. The van der Waals surface area contributed by atoms with E-state index in [0.29, 0.717) is 6.42 Å². The number of carbonyl (C=O) groups is 1. The summed E-state index contributed by atoms with van der Waals surface area (Å²) < 4.78 is 1.53. The molecule has 96 valence electrons. The van der Waals surface area contributed by atoms with Crippen molar-refractivity contribution < 1.29 is 4.79 Å². The van der Waals surface area contributed by atoms with Crippen LogP contribution in [0.25, 0.3) is 0 Å². The van der Waals surface area contributed by atoms with Gasteiger partial charge in [0, 0.05) is 18.8 Å². The molecule has 2 rings (SSSR count). The van der Waals surface area contributed by atoms with Crippen molar-refractivity contribution in [3.63, 3.8) is 0 Å². The molecule has 0 saturated carbocycles. The first kappa shape index (κ1) is 13.1. The molecule has 0 aliphatic carbocycles. The first-order valence-electron chi connectivity index (χ1n) is 6.39. The molecule has 0 saturated heterocycles. The molecule has 0 aliphatic heterocycles. The Morgan fingerprint density at radius 1 is 1.16 bits per heavy atom. The quantitative estimate of drug-likeness (QED) is 0.819. The molecule has 0 aliphatic rings. The number of hydrogen-bond donors (Lipinski definition) is 0. The van der Waals surface area contributed by atoms with Gasteiger partial charge in [-0.1, -0.05) is 30.3 Å². The highest BCUT2D eigenvalue weighted by Crippen LogP contribution is 2.14. The van der Waals surface area contributed by atoms with Crippen LogP contribution in [0.4, 0.5) is 0 Å². The summed E-state index contributed by atoms with van der Waals surface area (Å²) in [5.74, 6) is -0.250. The number of carbonyl (C=O) groups excluding carboxylic acids is 1. The van der Waals surface area contributed by atoms with E-state index < -0.39 is 0 Å². The molecule has 0 bridgehead atoms. The summed E-state index contributed by atoms with van der Waals surface area (Å²) in [5.41, 5.74) is 1.20. The van der Waals surface area contributed by atoms with Crippen molar-refractivity contribution in [2.75, 3.05) is 0 Å². The number of aromatic nitrogens is 1. The van der Waals surface area contributed by atoms with E-state index in [1.54, 1.807) is 12.4 Å². The minimum Gasteiger partial charge on any atom is -0.295 e. The minimum absolute atomic E-state index is 0.0235. The smallest absolute Gasteiger partial charge is 0.231 e. The number of benzene rings is 1. The van der Waals surface area contributed by atoms with Crippen LogP contribution in [0, 0.1) is 17.2 Å². The molecule has 0 spiro atoms. The largest absolute Gasteiger partial charge is 0.295 e. The second kappa shape index (κ2) is 6.55. The molecule has 1 heterocycles. The number of aryl methyl sites for hydroxylation is 1. The molecule has 3 heteroatoms. The van der Waals surface area contributed by atoms with E-state index in [9.17, 15) is 4.79 Å². The van der Waals surface area contributed by atoms with Crippen molar-refractivity contribution in [3.05, 3.63) is 60.4 Å². The SMILES string of the molecule is N#C[C@@H](CCc1ccccc1)CC(=O)n1cccc1. The van der Waals surface area contributed by atoms with Gasteiger partial charge < -0.3 is 0 Å². The Morgan fingerprint density at radius 2 is 1.84 bits per heavy atom. The molecule has 0 radical (unpaired) electrons. The summed E-state index contributed by atoms with van der Waals surface area (Å²) in [6.07, 6.45) is 5.26. The Morgan fingerprint density at radius 3 is 2.47 bits per heavy atom. The van der Waals surface area contributed by atoms with Gasteiger partial charge in [0.25, 0.3) is 0 Å². The average molecular weight is 252 g/mol. The second-order valence-electron chi connectivity index (χ2n) is 4.54. The molecule has 0 amide bonds. The molecule has 3 nitrogen and oxygen atoms in total. The third kappa shape index (κ3) is 3.82. The van der Waals surface area contributed by atoms with Crippen LogP contribution in [0.15, 0.2) is 54.9 Å². The lowest BCUT2D eigenvalue weighted by atomic mass is 9.97. The monoisotopic (exact) mass is 252 g/mol. The number of hydrogen-bond acceptors (Lipinski definition) is 2. The topological polar surface area (TPSA) is 45.8 Å². The third-order valence-corrected chi connectivity index (χ3v) is 3.12. The zero-order chi connectivity index (χ0) is 13.5. The van der Waals surface area contributed by atoms with E-state index in [1.165, 1.54) is 10.1 Å². The van der Waals surface area contributed by atoms with Gasteiger partial charge in [-0.15, -0.1) is 0 Å². The van der Waals surface area contributed by atoms with Gasteiger partial charge in [-0.2, -0.15) is 5.26 Å². The molecule has 0 N–H and O–H groups in total. The molecule has 1 aromatic carbocycles. The van der Waals surface area contributed by atoms with Crippen molar-refractivity contribution >= 4 is 5.91 Å². The molecule has 0 unspecified atom stereocenters. The van der Waals surface area contributed by atoms with Crippen LogP contribution in [-0.4, -0.2) is 10.5 Å². The van der Waals surface area contributed by atoms with Crippen LogP contribution in [0.1, 0.15) is 23.2 Å². The average Bonchev–Trinajstić information content (AvgIpc) is 2.98. The standard InChI is InChI=1S/C16H16N2O/c17-13-15(9-8-14-6-2-1-3-7-14)12-16(19)18-10-4-5-11-18/h1-7,10-11,15H,8-9,12H2/t15-/m0/s1. The Bertz CT molecular complexity index is 552. The van der Waals surface area contributed by atoms with Crippen LogP contribution in [0.2, 0.25) is 0 Å². The van der Waals surface area contributed by atoms with E-state index in [0.717, 1.165) is 6.42 Å². The Kier molecular flexibility index (Phi) is 4.52. The molecule has 0 fully saturated rings. The molecular formula is C16H16N2O. The van der Waals surface area contributed by atoms with Gasteiger partial charge in [0.2, 0.25) is 5.91 Å². The summed E-state index contributed by atoms with van der Waals surface area (Å²) >= 11 is 0. The lowest BCUT2D eigenvalue weighted by Gasteiger charge is -2.08. The van der Waals surface area contributed by atoms with Crippen molar-refractivity contribution in [2.45, 2.75) is 19.3 Å². The van der Waals surface area contributed by atoms with Crippen LogP contribution >= 0.6 is 0 Å². The van der Waals surface area contributed by atoms with Gasteiger partial charge in [-0.3, -0.25) is 9.36 Å². The first-order valence-corrected chi connectivity index (χ1v) is 6.39. The maximum Gasteiger partial charge on any atom is 0.231 e. The third-order valence-electron chi connectivity index (χ3n) is 3.12. The summed E-state index contributed by atoms with van der Waals surface area (Å²) in [6.45, 7) is 0. The zero-order valence-corrected chi connectivity index (χ0v) is 10.7. The summed E-state index contributed by atoms with van der Waals surface area (Å²) in [6, 6.07) is 15.9. The van der Waals surface area contributed by atoms with Gasteiger partial charge in [0.1, 0.15) is 0 Å².